The monoisotopic (exact) mass is 237 g/mol. The average molecular weight is 237 g/mol. The van der Waals surface area contributed by atoms with Gasteiger partial charge in [0.15, 0.2) is 5.96 Å². The number of guanidine groups is 1. The Morgan fingerprint density at radius 2 is 2.38 bits per heavy atom. The minimum Gasteiger partial charge on any atom is -0.370 e. The van der Waals surface area contributed by atoms with Crippen LogP contribution in [-0.2, 0) is 6.54 Å². The number of rotatable bonds is 4. The second kappa shape index (κ2) is 4.87. The first kappa shape index (κ1) is 11.5. The van der Waals surface area contributed by atoms with Crippen molar-refractivity contribution in [3.8, 4) is 0 Å². The van der Waals surface area contributed by atoms with E-state index in [1.54, 1.807) is 11.3 Å². The molecule has 1 aromatic rings. The zero-order valence-corrected chi connectivity index (χ0v) is 10.7. The van der Waals surface area contributed by atoms with Crippen LogP contribution in [-0.4, -0.2) is 22.9 Å². The molecule has 0 amide bonds. The highest BCUT2D eigenvalue weighted by Crippen LogP contribution is 2.28. The van der Waals surface area contributed by atoms with E-state index in [-0.39, 0.29) is 6.04 Å². The lowest BCUT2D eigenvalue weighted by Gasteiger charge is -2.23. The van der Waals surface area contributed by atoms with Crippen molar-refractivity contribution in [2.45, 2.75) is 45.3 Å². The van der Waals surface area contributed by atoms with Crippen LogP contribution < -0.4 is 5.73 Å². The topological polar surface area (TPSA) is 41.6 Å². The summed E-state index contributed by atoms with van der Waals surface area (Å²) >= 11 is 1.78. The fourth-order valence-corrected chi connectivity index (χ4v) is 2.40. The Kier molecular flexibility index (Phi) is 3.49. The Morgan fingerprint density at radius 3 is 2.88 bits per heavy atom. The number of aliphatic imine (C=N–C) groups is 1. The van der Waals surface area contributed by atoms with Crippen LogP contribution in [0.5, 0.6) is 0 Å². The van der Waals surface area contributed by atoms with E-state index in [1.165, 1.54) is 17.7 Å². The first-order chi connectivity index (χ1) is 7.66. The van der Waals surface area contributed by atoms with Crippen molar-refractivity contribution in [1.82, 2.24) is 4.90 Å². The lowest BCUT2D eigenvalue weighted by molar-refractivity contribution is 0.399. The predicted molar refractivity (Wildman–Crippen MR) is 69.6 cm³/mol. The molecule has 0 atom stereocenters. The van der Waals surface area contributed by atoms with Crippen LogP contribution >= 0.6 is 11.3 Å². The summed E-state index contributed by atoms with van der Waals surface area (Å²) in [5, 5.41) is 2.11. The molecule has 1 aliphatic carbocycles. The van der Waals surface area contributed by atoms with Gasteiger partial charge in [-0.2, -0.15) is 0 Å². The molecule has 0 unspecified atom stereocenters. The molecular weight excluding hydrogens is 218 g/mol. The highest BCUT2D eigenvalue weighted by molar-refractivity contribution is 7.09. The van der Waals surface area contributed by atoms with Crippen molar-refractivity contribution in [1.29, 1.82) is 0 Å². The molecule has 0 spiro atoms. The van der Waals surface area contributed by atoms with E-state index in [0.717, 1.165) is 6.54 Å². The Labute approximate surface area is 101 Å². The van der Waals surface area contributed by atoms with Crippen molar-refractivity contribution < 1.29 is 0 Å². The summed E-state index contributed by atoms with van der Waals surface area (Å²) in [7, 11) is 0. The van der Waals surface area contributed by atoms with Gasteiger partial charge in [-0.05, 0) is 38.1 Å². The summed E-state index contributed by atoms with van der Waals surface area (Å²) in [6.45, 7) is 5.02. The minimum atomic E-state index is 0.268. The van der Waals surface area contributed by atoms with Gasteiger partial charge < -0.3 is 10.6 Å². The van der Waals surface area contributed by atoms with E-state index in [1.807, 2.05) is 0 Å². The van der Waals surface area contributed by atoms with Gasteiger partial charge in [-0.1, -0.05) is 6.07 Å². The van der Waals surface area contributed by atoms with Crippen LogP contribution in [0.15, 0.2) is 22.5 Å². The van der Waals surface area contributed by atoms with Gasteiger partial charge in [-0.25, -0.2) is 0 Å². The highest BCUT2D eigenvalue weighted by Gasteiger charge is 2.30. The Morgan fingerprint density at radius 1 is 1.62 bits per heavy atom. The first-order valence-corrected chi connectivity index (χ1v) is 6.67. The van der Waals surface area contributed by atoms with Gasteiger partial charge in [0.1, 0.15) is 0 Å². The SMILES string of the molecule is CC(C)N=C(N)N(Cc1cccs1)C1CC1. The van der Waals surface area contributed by atoms with Gasteiger partial charge in [0.05, 0.1) is 6.54 Å². The van der Waals surface area contributed by atoms with Crippen molar-refractivity contribution in [3.63, 3.8) is 0 Å². The molecule has 0 radical (unpaired) electrons. The summed E-state index contributed by atoms with van der Waals surface area (Å²) in [6, 6.07) is 5.12. The number of hydrogen-bond donors (Lipinski definition) is 1. The number of nitrogens with two attached hydrogens (primary N) is 1. The first-order valence-electron chi connectivity index (χ1n) is 5.79. The van der Waals surface area contributed by atoms with Crippen LogP contribution in [0, 0.1) is 0 Å². The van der Waals surface area contributed by atoms with E-state index in [9.17, 15) is 0 Å². The molecule has 2 rings (SSSR count). The maximum Gasteiger partial charge on any atom is 0.192 e. The molecule has 1 aliphatic rings. The van der Waals surface area contributed by atoms with E-state index in [2.05, 4.69) is 41.3 Å². The third-order valence-electron chi connectivity index (χ3n) is 2.58. The lowest BCUT2D eigenvalue weighted by atomic mass is 10.4. The van der Waals surface area contributed by atoms with E-state index < -0.39 is 0 Å². The van der Waals surface area contributed by atoms with Crippen molar-refractivity contribution in [2.75, 3.05) is 0 Å². The van der Waals surface area contributed by atoms with Crippen LogP contribution in [0.25, 0.3) is 0 Å². The van der Waals surface area contributed by atoms with Crippen LogP contribution in [0.3, 0.4) is 0 Å². The number of thiophene rings is 1. The fraction of sp³-hybridized carbons (Fsp3) is 0.583. The molecule has 2 N–H and O–H groups in total. The second-order valence-corrected chi connectivity index (χ2v) is 5.55. The van der Waals surface area contributed by atoms with Gasteiger partial charge in [-0.15, -0.1) is 11.3 Å². The van der Waals surface area contributed by atoms with E-state index in [0.29, 0.717) is 12.0 Å². The Hall–Kier alpha value is -1.03. The molecule has 0 saturated heterocycles. The maximum absolute atomic E-state index is 6.06. The Balaban J connectivity index is 2.05. The molecule has 1 heterocycles. The number of hydrogen-bond acceptors (Lipinski definition) is 2. The molecular formula is C12H19N3S. The second-order valence-electron chi connectivity index (χ2n) is 4.52. The van der Waals surface area contributed by atoms with Crippen molar-refractivity contribution in [3.05, 3.63) is 22.4 Å². The van der Waals surface area contributed by atoms with Crippen LogP contribution in [0.1, 0.15) is 31.6 Å². The predicted octanol–water partition coefficient (Wildman–Crippen LogP) is 2.44. The zero-order chi connectivity index (χ0) is 11.5. The molecule has 1 fully saturated rings. The van der Waals surface area contributed by atoms with Gasteiger partial charge >= 0.3 is 0 Å². The quantitative estimate of drug-likeness (QED) is 0.645. The molecule has 88 valence electrons. The minimum absolute atomic E-state index is 0.268. The summed E-state index contributed by atoms with van der Waals surface area (Å²) < 4.78 is 0. The highest BCUT2D eigenvalue weighted by atomic mass is 32.1. The molecule has 0 aliphatic heterocycles. The third-order valence-corrected chi connectivity index (χ3v) is 3.44. The summed E-state index contributed by atoms with van der Waals surface area (Å²) in [6.07, 6.45) is 2.50. The molecule has 3 nitrogen and oxygen atoms in total. The van der Waals surface area contributed by atoms with Crippen molar-refractivity contribution >= 4 is 17.3 Å². The third kappa shape index (κ3) is 2.98. The average Bonchev–Trinajstić information content (AvgIpc) is 2.91. The van der Waals surface area contributed by atoms with Crippen LogP contribution in [0.2, 0.25) is 0 Å². The normalized spacial score (nSPS) is 16.8. The van der Waals surface area contributed by atoms with Gasteiger partial charge in [-0.3, -0.25) is 4.99 Å². The summed E-state index contributed by atoms with van der Waals surface area (Å²) in [4.78, 5) is 8.04. The molecule has 0 bridgehead atoms. The van der Waals surface area contributed by atoms with Crippen LogP contribution in [0.4, 0.5) is 0 Å². The largest absolute Gasteiger partial charge is 0.370 e. The summed E-state index contributed by atoms with van der Waals surface area (Å²) in [5.74, 6) is 0.700. The number of nitrogens with zero attached hydrogens (tertiary/aromatic N) is 2. The molecule has 1 aromatic heterocycles. The smallest absolute Gasteiger partial charge is 0.192 e. The standard InChI is InChI=1S/C12H19N3S/c1-9(2)14-12(13)15(10-5-6-10)8-11-4-3-7-16-11/h3-4,7,9-10H,5-6,8H2,1-2H3,(H2,13,14). The van der Waals surface area contributed by atoms with Crippen molar-refractivity contribution in [2.24, 2.45) is 10.7 Å². The molecule has 4 heteroatoms. The van der Waals surface area contributed by atoms with E-state index in [4.69, 9.17) is 5.73 Å². The lowest BCUT2D eigenvalue weighted by Crippen LogP contribution is -2.39. The Bertz CT molecular complexity index is 352. The molecule has 16 heavy (non-hydrogen) atoms. The molecule has 1 saturated carbocycles. The zero-order valence-electron chi connectivity index (χ0n) is 9.89. The fourth-order valence-electron chi connectivity index (χ4n) is 1.69. The molecule has 0 aromatic carbocycles. The van der Waals surface area contributed by atoms with Gasteiger partial charge in [0.25, 0.3) is 0 Å². The summed E-state index contributed by atoms with van der Waals surface area (Å²) in [5.41, 5.74) is 6.06. The van der Waals surface area contributed by atoms with E-state index >= 15 is 0 Å². The van der Waals surface area contributed by atoms with Gasteiger partial charge in [0, 0.05) is 17.0 Å². The maximum atomic E-state index is 6.06. The van der Waals surface area contributed by atoms with Gasteiger partial charge in [0.2, 0.25) is 0 Å².